The molecule has 0 radical (unpaired) electrons. The Morgan fingerprint density at radius 2 is 1.31 bits per heavy atom. The number of ketones is 1. The second kappa shape index (κ2) is 3.81. The van der Waals surface area contributed by atoms with Crippen molar-refractivity contribution in [3.8, 4) is 0 Å². The van der Waals surface area contributed by atoms with Crippen LogP contribution in [0.2, 0.25) is 0 Å². The van der Waals surface area contributed by atoms with E-state index in [9.17, 15) is 39.9 Å². The van der Waals surface area contributed by atoms with Crippen LogP contribution in [-0.2, 0) is 4.79 Å². The zero-order valence-corrected chi connectivity index (χ0v) is 6.83. The van der Waals surface area contributed by atoms with Crippen LogP contribution in [0, 0.1) is 0 Å². The molecule has 0 aliphatic rings. The molecule has 0 heterocycles. The Morgan fingerprint density at radius 3 is 1.50 bits per heavy atom. The minimum atomic E-state index is -6.51. The van der Waals surface area contributed by atoms with Gasteiger partial charge in [0.2, 0.25) is 0 Å². The van der Waals surface area contributed by atoms with Gasteiger partial charge in [-0.1, -0.05) is 0 Å². The molecular formula is C5F8N2O. The van der Waals surface area contributed by atoms with Gasteiger partial charge in [0, 0.05) is 0 Å². The highest BCUT2D eigenvalue weighted by atomic mass is 19.4. The van der Waals surface area contributed by atoms with Crippen molar-refractivity contribution in [3.63, 3.8) is 0 Å². The summed E-state index contributed by atoms with van der Waals surface area (Å²) in [6.07, 6.45) is -12.4. The van der Waals surface area contributed by atoms with Gasteiger partial charge in [-0.2, -0.15) is 39.9 Å². The first-order valence-corrected chi connectivity index (χ1v) is 3.14. The third kappa shape index (κ3) is 2.54. The number of alkyl halides is 8. The lowest BCUT2D eigenvalue weighted by Gasteiger charge is -2.16. The number of carbonyl (C=O) groups is 1. The van der Waals surface area contributed by atoms with Gasteiger partial charge < -0.3 is 5.53 Å². The van der Waals surface area contributed by atoms with Crippen LogP contribution in [-0.4, -0.2) is 34.6 Å². The van der Waals surface area contributed by atoms with Crippen molar-refractivity contribution in [1.29, 1.82) is 0 Å². The number of nitrogens with zero attached hydrogens (tertiary/aromatic N) is 2. The maximum atomic E-state index is 12.1. The SMILES string of the molecule is [N-]=[N+]=C(C(=O)C(F)(F)C(F)(F)F)C(F)(F)F. The van der Waals surface area contributed by atoms with E-state index in [0.717, 1.165) is 4.79 Å². The Bertz CT molecular complexity index is 346. The summed E-state index contributed by atoms with van der Waals surface area (Å²) in [7, 11) is 0. The molecule has 0 atom stereocenters. The van der Waals surface area contributed by atoms with E-state index < -0.39 is 29.8 Å². The normalized spacial score (nSPS) is 13.2. The molecule has 11 heteroatoms. The highest BCUT2D eigenvalue weighted by molar-refractivity contribution is 6.42. The zero-order valence-electron chi connectivity index (χ0n) is 6.83. The monoisotopic (exact) mass is 256 g/mol. The fourth-order valence-electron chi connectivity index (χ4n) is 0.508. The first-order valence-electron chi connectivity index (χ1n) is 3.14. The molecule has 0 N–H and O–H groups in total. The van der Waals surface area contributed by atoms with Crippen LogP contribution in [0.1, 0.15) is 0 Å². The van der Waals surface area contributed by atoms with Crippen molar-refractivity contribution in [2.45, 2.75) is 18.3 Å². The Hall–Kier alpha value is -1.51. The lowest BCUT2D eigenvalue weighted by molar-refractivity contribution is -0.267. The van der Waals surface area contributed by atoms with Gasteiger partial charge in [-0.15, -0.1) is 0 Å². The molecule has 0 aliphatic heterocycles. The largest absolute Gasteiger partial charge is 0.499 e. The quantitative estimate of drug-likeness (QED) is 0.322. The van der Waals surface area contributed by atoms with Gasteiger partial charge in [0.25, 0.3) is 0 Å². The summed E-state index contributed by atoms with van der Waals surface area (Å²) < 4.78 is 93.8. The third-order valence-electron chi connectivity index (χ3n) is 1.22. The average molecular weight is 256 g/mol. The molecule has 0 aromatic carbocycles. The summed E-state index contributed by atoms with van der Waals surface area (Å²) in [6.45, 7) is 0. The minimum Gasteiger partial charge on any atom is -0.361 e. The molecule has 0 aromatic rings. The van der Waals surface area contributed by atoms with Gasteiger partial charge in [-0.25, -0.2) is 0 Å². The van der Waals surface area contributed by atoms with Crippen molar-refractivity contribution in [3.05, 3.63) is 5.53 Å². The average Bonchev–Trinajstić information content (AvgIpc) is 2.00. The summed E-state index contributed by atoms with van der Waals surface area (Å²) in [5.74, 6) is -9.95. The van der Waals surface area contributed by atoms with E-state index >= 15 is 0 Å². The molecule has 3 nitrogen and oxygen atoms in total. The molecule has 0 unspecified atom stereocenters. The Balaban J connectivity index is 5.48. The van der Waals surface area contributed by atoms with Crippen LogP contribution in [0.3, 0.4) is 0 Å². The van der Waals surface area contributed by atoms with Gasteiger partial charge >= 0.3 is 29.8 Å². The van der Waals surface area contributed by atoms with E-state index in [-0.39, 0.29) is 0 Å². The van der Waals surface area contributed by atoms with Crippen LogP contribution in [0.15, 0.2) is 0 Å². The Labute approximate surface area is 81.3 Å². The highest BCUT2D eigenvalue weighted by Crippen LogP contribution is 2.37. The summed E-state index contributed by atoms with van der Waals surface area (Å²) in [4.78, 5) is 11.3. The predicted octanol–water partition coefficient (Wildman–Crippen LogP) is 1.99. The molecule has 0 saturated carbocycles. The van der Waals surface area contributed by atoms with Crippen LogP contribution >= 0.6 is 0 Å². The number of Topliss-reactive ketones (excluding diaryl/α,β-unsaturated/α-hetero) is 1. The van der Waals surface area contributed by atoms with E-state index in [1.807, 2.05) is 0 Å². The molecule has 0 rings (SSSR count). The number of hydrogen-bond donors (Lipinski definition) is 0. The molecule has 0 saturated heterocycles. The van der Waals surface area contributed by atoms with Crippen molar-refractivity contribution in [2.75, 3.05) is 0 Å². The summed E-state index contributed by atoms with van der Waals surface area (Å²) in [5.41, 5.74) is 4.38. The van der Waals surface area contributed by atoms with Crippen molar-refractivity contribution in [2.24, 2.45) is 0 Å². The Morgan fingerprint density at radius 1 is 0.938 bits per heavy atom. The van der Waals surface area contributed by atoms with Gasteiger partial charge in [-0.3, -0.25) is 4.79 Å². The summed E-state index contributed by atoms with van der Waals surface area (Å²) >= 11 is 0. The van der Waals surface area contributed by atoms with Crippen molar-refractivity contribution < 1.29 is 44.7 Å². The predicted molar refractivity (Wildman–Crippen MR) is 30.7 cm³/mol. The standard InChI is InChI=1S/C5F8N2O/c6-3(7,5(11,12)13)2(16)1(15-14)4(8,9)10. The maximum absolute atomic E-state index is 12.1. The van der Waals surface area contributed by atoms with E-state index in [1.165, 1.54) is 0 Å². The number of rotatable bonds is 2. The number of carbonyl (C=O) groups excluding carboxylic acids is 1. The summed E-state index contributed by atoms with van der Waals surface area (Å²) in [6, 6.07) is 0. The molecule has 0 fully saturated rings. The molecule has 0 aromatic heterocycles. The maximum Gasteiger partial charge on any atom is 0.499 e. The van der Waals surface area contributed by atoms with Gasteiger partial charge in [-0.05, 0) is 0 Å². The number of halogens is 8. The molecule has 0 bridgehead atoms. The van der Waals surface area contributed by atoms with Crippen LogP contribution in [0.25, 0.3) is 5.53 Å². The van der Waals surface area contributed by atoms with E-state index in [2.05, 4.69) is 0 Å². The molecular weight excluding hydrogens is 256 g/mol. The number of hydrogen-bond acceptors (Lipinski definition) is 1. The smallest absolute Gasteiger partial charge is 0.361 e. The zero-order chi connectivity index (χ0) is 13.4. The molecule has 92 valence electrons. The van der Waals surface area contributed by atoms with Gasteiger partial charge in [0.05, 0.1) is 0 Å². The molecule has 16 heavy (non-hydrogen) atoms. The van der Waals surface area contributed by atoms with Gasteiger partial charge in [0.1, 0.15) is 0 Å². The van der Waals surface area contributed by atoms with E-state index in [0.29, 0.717) is 0 Å². The van der Waals surface area contributed by atoms with Crippen LogP contribution < -0.4 is 0 Å². The fraction of sp³-hybridized carbons (Fsp3) is 0.600. The highest BCUT2D eigenvalue weighted by Gasteiger charge is 2.70. The second-order valence-corrected chi connectivity index (χ2v) is 2.35. The van der Waals surface area contributed by atoms with Crippen LogP contribution in [0.4, 0.5) is 35.1 Å². The second-order valence-electron chi connectivity index (χ2n) is 2.35. The summed E-state index contributed by atoms with van der Waals surface area (Å²) in [5, 5.41) is 0. The molecule has 0 aliphatic carbocycles. The molecule has 0 amide bonds. The lowest BCUT2D eigenvalue weighted by atomic mass is 10.1. The first kappa shape index (κ1) is 14.5. The third-order valence-corrected chi connectivity index (χ3v) is 1.22. The van der Waals surface area contributed by atoms with Crippen molar-refractivity contribution >= 4 is 11.5 Å². The van der Waals surface area contributed by atoms with Crippen molar-refractivity contribution in [1.82, 2.24) is 0 Å². The topological polar surface area (TPSA) is 53.5 Å². The van der Waals surface area contributed by atoms with E-state index in [1.54, 1.807) is 0 Å². The first-order chi connectivity index (χ1) is 6.85. The minimum absolute atomic E-state index is 1.10. The van der Waals surface area contributed by atoms with Gasteiger partial charge in [0.15, 0.2) is 0 Å². The van der Waals surface area contributed by atoms with E-state index in [4.69, 9.17) is 5.53 Å². The lowest BCUT2D eigenvalue weighted by Crippen LogP contribution is -2.51. The van der Waals surface area contributed by atoms with Crippen LogP contribution in [0.5, 0.6) is 0 Å². The Kier molecular flexibility index (Phi) is 3.45. The fourth-order valence-corrected chi connectivity index (χ4v) is 0.508. The molecule has 0 spiro atoms.